The normalized spacial score (nSPS) is 12.2. The fraction of sp³-hybridized carbons (Fsp3) is 0.286. The van der Waals surface area contributed by atoms with E-state index in [2.05, 4.69) is 5.32 Å². The summed E-state index contributed by atoms with van der Waals surface area (Å²) in [6.45, 7) is 6.79. The third-order valence-electron chi connectivity index (χ3n) is 5.98. The van der Waals surface area contributed by atoms with Crippen LogP contribution >= 0.6 is 23.2 Å². The van der Waals surface area contributed by atoms with Gasteiger partial charge in [0.2, 0.25) is 11.8 Å². The van der Waals surface area contributed by atoms with E-state index in [4.69, 9.17) is 23.2 Å². The number of benzene rings is 3. The standard InChI is InChI=1S/C28H31Cl2N3O4S/c1-19(2)31-28(35)21(4)32(17-22-9-6-5-8-20(22)3)27(34)18-33(25-11-7-10-24(30)16-25)38(36,37)26-14-12-23(29)13-15-26/h5-16,19,21H,17-18H2,1-4H3,(H,31,35)/t21-/m1/s1. The highest BCUT2D eigenvalue weighted by Gasteiger charge is 2.33. The summed E-state index contributed by atoms with van der Waals surface area (Å²) in [4.78, 5) is 28.2. The third-order valence-corrected chi connectivity index (χ3v) is 8.25. The van der Waals surface area contributed by atoms with Crippen LogP contribution in [0.2, 0.25) is 10.0 Å². The zero-order valence-corrected chi connectivity index (χ0v) is 24.0. The number of hydrogen-bond donors (Lipinski definition) is 1. The molecule has 0 aliphatic heterocycles. The van der Waals surface area contributed by atoms with E-state index in [1.807, 2.05) is 45.0 Å². The number of halogens is 2. The minimum absolute atomic E-state index is 0.0364. The summed E-state index contributed by atoms with van der Waals surface area (Å²) in [6, 6.07) is 18.5. The largest absolute Gasteiger partial charge is 0.352 e. The van der Waals surface area contributed by atoms with Crippen LogP contribution < -0.4 is 9.62 Å². The number of nitrogens with zero attached hydrogens (tertiary/aromatic N) is 2. The van der Waals surface area contributed by atoms with Gasteiger partial charge in [0.15, 0.2) is 0 Å². The molecule has 3 aromatic carbocycles. The average Bonchev–Trinajstić information content (AvgIpc) is 2.86. The number of sulfonamides is 1. The molecule has 0 spiro atoms. The van der Waals surface area contributed by atoms with Crippen LogP contribution in [0.25, 0.3) is 0 Å². The van der Waals surface area contributed by atoms with Gasteiger partial charge in [0.1, 0.15) is 12.6 Å². The molecular formula is C28H31Cl2N3O4S. The second kappa shape index (κ2) is 12.7. The molecule has 7 nitrogen and oxygen atoms in total. The van der Waals surface area contributed by atoms with Gasteiger partial charge in [-0.2, -0.15) is 0 Å². The minimum atomic E-state index is -4.19. The van der Waals surface area contributed by atoms with Crippen molar-refractivity contribution in [2.24, 2.45) is 0 Å². The Balaban J connectivity index is 2.04. The van der Waals surface area contributed by atoms with E-state index in [0.29, 0.717) is 10.0 Å². The van der Waals surface area contributed by atoms with Crippen molar-refractivity contribution in [3.05, 3.63) is 94.0 Å². The van der Waals surface area contributed by atoms with E-state index < -0.39 is 28.5 Å². The summed E-state index contributed by atoms with van der Waals surface area (Å²) in [7, 11) is -4.19. The number of rotatable bonds is 10. The predicted molar refractivity (Wildman–Crippen MR) is 152 cm³/mol. The number of nitrogens with one attached hydrogen (secondary N) is 1. The van der Waals surface area contributed by atoms with Gasteiger partial charge in [-0.1, -0.05) is 53.5 Å². The van der Waals surface area contributed by atoms with E-state index in [-0.39, 0.29) is 29.1 Å². The van der Waals surface area contributed by atoms with Crippen molar-refractivity contribution in [2.75, 3.05) is 10.8 Å². The van der Waals surface area contributed by atoms with Gasteiger partial charge < -0.3 is 10.2 Å². The Bertz CT molecular complexity index is 1400. The third kappa shape index (κ3) is 7.28. The van der Waals surface area contributed by atoms with Crippen LogP contribution in [0.5, 0.6) is 0 Å². The van der Waals surface area contributed by atoms with Crippen LogP contribution in [0.4, 0.5) is 5.69 Å². The van der Waals surface area contributed by atoms with Crippen molar-refractivity contribution in [1.29, 1.82) is 0 Å². The Morgan fingerprint density at radius 3 is 2.16 bits per heavy atom. The molecule has 2 amide bonds. The maximum Gasteiger partial charge on any atom is 0.264 e. The first kappa shape index (κ1) is 29.5. The van der Waals surface area contributed by atoms with Gasteiger partial charge in [0.05, 0.1) is 10.6 Å². The van der Waals surface area contributed by atoms with Crippen LogP contribution in [0.15, 0.2) is 77.7 Å². The molecule has 1 N–H and O–H groups in total. The molecule has 0 bridgehead atoms. The van der Waals surface area contributed by atoms with Crippen LogP contribution in [0, 0.1) is 6.92 Å². The first-order valence-electron chi connectivity index (χ1n) is 12.1. The van der Waals surface area contributed by atoms with Gasteiger partial charge in [0, 0.05) is 22.6 Å². The Morgan fingerprint density at radius 2 is 1.55 bits per heavy atom. The molecule has 0 saturated carbocycles. The molecule has 0 unspecified atom stereocenters. The Labute approximate surface area is 234 Å². The lowest BCUT2D eigenvalue weighted by molar-refractivity contribution is -0.139. The lowest BCUT2D eigenvalue weighted by Crippen LogP contribution is -2.52. The molecule has 0 aliphatic rings. The number of hydrogen-bond acceptors (Lipinski definition) is 4. The van der Waals surface area contributed by atoms with E-state index in [0.717, 1.165) is 15.4 Å². The molecule has 0 aliphatic carbocycles. The molecule has 10 heteroatoms. The van der Waals surface area contributed by atoms with Gasteiger partial charge in [0.25, 0.3) is 10.0 Å². The van der Waals surface area contributed by atoms with Gasteiger partial charge in [-0.3, -0.25) is 13.9 Å². The van der Waals surface area contributed by atoms with Crippen molar-refractivity contribution in [1.82, 2.24) is 10.2 Å². The van der Waals surface area contributed by atoms with Crippen LogP contribution in [0.3, 0.4) is 0 Å². The van der Waals surface area contributed by atoms with E-state index >= 15 is 0 Å². The maximum absolute atomic E-state index is 13.9. The second-order valence-corrected chi connectivity index (χ2v) is 12.0. The Kier molecular flexibility index (Phi) is 9.82. The van der Waals surface area contributed by atoms with Crippen LogP contribution in [0.1, 0.15) is 31.9 Å². The summed E-state index contributed by atoms with van der Waals surface area (Å²) in [5.41, 5.74) is 2.01. The average molecular weight is 577 g/mol. The highest BCUT2D eigenvalue weighted by molar-refractivity contribution is 7.92. The number of carbonyl (C=O) groups is 2. The summed E-state index contributed by atoms with van der Waals surface area (Å²) >= 11 is 12.2. The van der Waals surface area contributed by atoms with Gasteiger partial charge >= 0.3 is 0 Å². The zero-order valence-electron chi connectivity index (χ0n) is 21.7. The van der Waals surface area contributed by atoms with Crippen molar-refractivity contribution < 1.29 is 18.0 Å². The predicted octanol–water partition coefficient (Wildman–Crippen LogP) is 5.44. The number of aryl methyl sites for hydroxylation is 1. The summed E-state index contributed by atoms with van der Waals surface area (Å²) in [5.74, 6) is -0.881. The fourth-order valence-corrected chi connectivity index (χ4v) is 5.57. The van der Waals surface area contributed by atoms with Crippen molar-refractivity contribution in [2.45, 2.75) is 51.2 Å². The van der Waals surface area contributed by atoms with E-state index in [9.17, 15) is 18.0 Å². The quantitative estimate of drug-likeness (QED) is 0.348. The summed E-state index contributed by atoms with van der Waals surface area (Å²) < 4.78 is 28.5. The SMILES string of the molecule is Cc1ccccc1CN(C(=O)CN(c1cccc(Cl)c1)S(=O)(=O)c1ccc(Cl)cc1)[C@H](C)C(=O)NC(C)C. The molecule has 38 heavy (non-hydrogen) atoms. The Morgan fingerprint density at radius 1 is 0.895 bits per heavy atom. The first-order valence-corrected chi connectivity index (χ1v) is 14.3. The number of amides is 2. The number of carbonyl (C=O) groups excluding carboxylic acids is 2. The molecule has 3 rings (SSSR count). The highest BCUT2D eigenvalue weighted by atomic mass is 35.5. The minimum Gasteiger partial charge on any atom is -0.352 e. The molecular weight excluding hydrogens is 545 g/mol. The lowest BCUT2D eigenvalue weighted by atomic mass is 10.1. The van der Waals surface area contributed by atoms with Crippen molar-refractivity contribution >= 4 is 50.7 Å². The molecule has 3 aromatic rings. The molecule has 1 atom stereocenters. The smallest absolute Gasteiger partial charge is 0.264 e. The second-order valence-electron chi connectivity index (χ2n) is 9.23. The van der Waals surface area contributed by atoms with Crippen molar-refractivity contribution in [3.63, 3.8) is 0 Å². The monoisotopic (exact) mass is 575 g/mol. The molecule has 202 valence electrons. The molecule has 0 radical (unpaired) electrons. The number of anilines is 1. The molecule has 0 saturated heterocycles. The maximum atomic E-state index is 13.9. The van der Waals surface area contributed by atoms with Gasteiger partial charge in [-0.15, -0.1) is 0 Å². The molecule has 0 aromatic heterocycles. The summed E-state index contributed by atoms with van der Waals surface area (Å²) in [6.07, 6.45) is 0. The van der Waals surface area contributed by atoms with E-state index in [1.54, 1.807) is 25.1 Å². The topological polar surface area (TPSA) is 86.8 Å². The van der Waals surface area contributed by atoms with Gasteiger partial charge in [-0.25, -0.2) is 8.42 Å². The van der Waals surface area contributed by atoms with Gasteiger partial charge in [-0.05, 0) is 81.3 Å². The Hall–Kier alpha value is -3.07. The zero-order chi connectivity index (χ0) is 28.0. The molecule has 0 heterocycles. The van der Waals surface area contributed by atoms with E-state index in [1.165, 1.54) is 35.2 Å². The first-order chi connectivity index (χ1) is 17.9. The molecule has 0 fully saturated rings. The van der Waals surface area contributed by atoms with Crippen LogP contribution in [-0.4, -0.2) is 43.8 Å². The lowest BCUT2D eigenvalue weighted by Gasteiger charge is -2.32. The summed E-state index contributed by atoms with van der Waals surface area (Å²) in [5, 5.41) is 3.53. The van der Waals surface area contributed by atoms with Crippen LogP contribution in [-0.2, 0) is 26.2 Å². The fourth-order valence-electron chi connectivity index (χ4n) is 3.85. The van der Waals surface area contributed by atoms with Crippen molar-refractivity contribution in [3.8, 4) is 0 Å². The highest BCUT2D eigenvalue weighted by Crippen LogP contribution is 2.27.